The molecule has 3 aliphatic rings. The molecule has 3 aliphatic heterocycles. The molecule has 0 unspecified atom stereocenters. The van der Waals surface area contributed by atoms with E-state index in [4.69, 9.17) is 16.9 Å². The molecule has 0 spiro atoms. The number of nitrogens with zero attached hydrogens (tertiary/aromatic N) is 2. The molecule has 39 heteroatoms. The van der Waals surface area contributed by atoms with Crippen LogP contribution in [0.3, 0.4) is 0 Å². The molecule has 23 N–H and O–H groups in total. The molecule has 3 saturated heterocycles. The molecule has 0 aliphatic carbocycles. The Morgan fingerprint density at radius 3 is 1.40 bits per heavy atom. The van der Waals surface area contributed by atoms with Gasteiger partial charge in [0.15, 0.2) is 5.96 Å². The van der Waals surface area contributed by atoms with Crippen LogP contribution in [0.2, 0.25) is 0 Å². The summed E-state index contributed by atoms with van der Waals surface area (Å²) in [6, 6.07) is 10.7. The summed E-state index contributed by atoms with van der Waals surface area (Å²) in [6.45, 7) is 5.93. The Morgan fingerprint density at radius 1 is 0.472 bits per heavy atom. The van der Waals surface area contributed by atoms with Crippen molar-refractivity contribution in [1.82, 2.24) is 78.5 Å². The lowest BCUT2D eigenvalue weighted by atomic mass is 9.78. The van der Waals surface area contributed by atoms with Crippen LogP contribution in [-0.4, -0.2) is 241 Å². The summed E-state index contributed by atoms with van der Waals surface area (Å²) in [4.78, 5) is 225. The van der Waals surface area contributed by atoms with Gasteiger partial charge < -0.3 is 120 Å². The zero-order valence-corrected chi connectivity index (χ0v) is 69.8. The van der Waals surface area contributed by atoms with E-state index in [0.29, 0.717) is 38.7 Å². The number of phenolic OH excluding ortho intramolecular Hbond substituents is 4. The zero-order valence-electron chi connectivity index (χ0n) is 69.8. The smallest absolute Gasteiger partial charge is 0.303 e. The highest BCUT2D eigenvalue weighted by Crippen LogP contribution is 2.26. The molecule has 0 bridgehead atoms. The summed E-state index contributed by atoms with van der Waals surface area (Å²) in [5.74, 6) is -15.6. The van der Waals surface area contributed by atoms with Crippen molar-refractivity contribution in [3.8, 4) is 23.0 Å². The Kier molecular flexibility index (Phi) is 34.7. The number of carbonyl (C=O) groups excluding carboxylic acids is 14. The summed E-state index contributed by atoms with van der Waals surface area (Å²) in [5, 5.41) is 91.7. The van der Waals surface area contributed by atoms with E-state index in [1.165, 1.54) is 107 Å². The van der Waals surface area contributed by atoms with E-state index in [9.17, 15) is 59.1 Å². The number of aliphatic carboxylic acids is 1. The van der Waals surface area contributed by atoms with Crippen LogP contribution in [0.5, 0.6) is 23.0 Å². The van der Waals surface area contributed by atoms with Crippen LogP contribution in [0.4, 0.5) is 0 Å². The Morgan fingerprint density at radius 2 is 0.880 bits per heavy atom. The Labute approximate surface area is 721 Å². The lowest BCUT2D eigenvalue weighted by Crippen LogP contribution is -2.61. The van der Waals surface area contributed by atoms with Crippen molar-refractivity contribution in [3.05, 3.63) is 155 Å². The minimum absolute atomic E-state index is 0.0128. The number of guanidine groups is 1. The maximum Gasteiger partial charge on any atom is 0.303 e. The lowest BCUT2D eigenvalue weighted by molar-refractivity contribution is -0.143. The van der Waals surface area contributed by atoms with E-state index >= 15 is 38.4 Å². The molecule has 4 heterocycles. The Balaban J connectivity index is 1.11. The van der Waals surface area contributed by atoms with Crippen molar-refractivity contribution >= 4 is 113 Å². The van der Waals surface area contributed by atoms with Crippen LogP contribution < -0.4 is 75.2 Å². The number of fused-ring (bicyclic) bond motifs is 3. The van der Waals surface area contributed by atoms with Gasteiger partial charge in [0.25, 0.3) is 7.41 Å². The summed E-state index contributed by atoms with van der Waals surface area (Å²) in [5.41, 5.74) is 13.1. The standard InChI is InChI=1S/C86H110BN18O20/c1-46(2)36-62-75(115)93-45-72(111)94-65(42-52-44-92-58-11-6-5-10-57(52)58)79(119)97-61(38-48-15-23-53(106)24-16-48)74(114)87-103-67(40-50-19-27-55(108)28-20-50)81(121)99-66(43-71(88)110)80(120)102-68(41-51-21-29-56(109)30-22-51)85(125)105-35-9-14-70(105)83(123)101-64(39-49-17-25-54(107)26-18-49)78(118)96-60(12-7-33-91-86(89)90)84(124)104-34-8-13-69(104)82(122)100-63(37-47(3)4)77(117)95-59(76(116)98-62)31-32-73(112)113/h5-6,10-11,15-30,44,46-47,59-70,92,103,106-109H,7-9,12-14,31-43,45H2,1-4H3,(H2,88,110)(H,93,115)(H,94,111)(H,95,117)(H,96,118)(H,97,119)(H,98,116)(H,99,121)(H,100,122)(H,101,123)(H,102,120)(H,112,113)(H4,89,90,91)/t59-,60-,61-,62-,63-,64-,65-,66-,67+,68-,69-,70-/m0/s1. The zero-order chi connectivity index (χ0) is 90.7. The fourth-order valence-corrected chi connectivity index (χ4v) is 15.2. The average molecular weight is 1730 g/mol. The second-order valence-corrected chi connectivity index (χ2v) is 32.4. The highest BCUT2D eigenvalue weighted by Gasteiger charge is 2.44. The summed E-state index contributed by atoms with van der Waals surface area (Å²) in [7, 11) is 0.870. The molecular weight excluding hydrogens is 1620 g/mol. The topological polar surface area (TPSA) is 600 Å². The van der Waals surface area contributed by atoms with Crippen molar-refractivity contribution in [1.29, 1.82) is 5.41 Å². The van der Waals surface area contributed by atoms with Gasteiger partial charge in [0, 0.05) is 62.4 Å². The number of aromatic hydroxyl groups is 4. The van der Waals surface area contributed by atoms with Crippen molar-refractivity contribution in [3.63, 3.8) is 0 Å². The number of primary amides is 1. The van der Waals surface area contributed by atoms with E-state index in [-0.39, 0.29) is 138 Å². The van der Waals surface area contributed by atoms with Crippen molar-refractivity contribution in [2.24, 2.45) is 23.3 Å². The third-order valence-corrected chi connectivity index (χ3v) is 21.6. The lowest BCUT2D eigenvalue weighted by Gasteiger charge is -2.32. The fraction of sp³-hybridized carbons (Fsp3) is 0.442. The molecule has 1 aromatic heterocycles. The number of H-pyrrole nitrogens is 1. The number of nitrogens with one attached hydrogen (secondary N) is 14. The van der Waals surface area contributed by atoms with Gasteiger partial charge in [0.2, 0.25) is 76.8 Å². The van der Waals surface area contributed by atoms with Crippen LogP contribution in [0.1, 0.15) is 126 Å². The number of carboxylic acid groups (broad SMARTS) is 1. The maximum atomic E-state index is 15.5. The number of aromatic nitrogens is 1. The number of carbonyl (C=O) groups is 15. The van der Waals surface area contributed by atoms with E-state index in [2.05, 4.69) is 68.7 Å². The molecule has 9 rings (SSSR count). The van der Waals surface area contributed by atoms with Gasteiger partial charge in [-0.1, -0.05) is 94.4 Å². The molecule has 12 atom stereocenters. The molecule has 5 aromatic carbocycles. The molecule has 0 saturated carbocycles. The van der Waals surface area contributed by atoms with Gasteiger partial charge in [-0.05, 0) is 165 Å². The van der Waals surface area contributed by atoms with Gasteiger partial charge in [-0.25, -0.2) is 0 Å². The van der Waals surface area contributed by atoms with Gasteiger partial charge in [-0.3, -0.25) is 72.5 Å². The van der Waals surface area contributed by atoms with Gasteiger partial charge in [-0.15, -0.1) is 0 Å². The van der Waals surface area contributed by atoms with Crippen LogP contribution in [0.25, 0.3) is 10.9 Å². The first-order valence-corrected chi connectivity index (χ1v) is 41.5. The average Bonchev–Trinajstić information content (AvgIpc) is 1.68. The molecule has 125 heavy (non-hydrogen) atoms. The van der Waals surface area contributed by atoms with Gasteiger partial charge in [0.1, 0.15) is 89.1 Å². The maximum absolute atomic E-state index is 15.5. The van der Waals surface area contributed by atoms with Crippen molar-refractivity contribution < 1.29 is 97.5 Å². The first kappa shape index (κ1) is 95.2. The predicted octanol–water partition coefficient (Wildman–Crippen LogP) is -0.822. The molecule has 6 aromatic rings. The van der Waals surface area contributed by atoms with E-state index in [1.807, 2.05) is 0 Å². The van der Waals surface area contributed by atoms with Crippen LogP contribution in [0.15, 0.2) is 128 Å². The SMILES string of the molecule is CC(C)C[C@@H]1NC(=O)[C@H](CCC(=O)O)NC(=O)[C@H](CC(C)C)NC(=O)[C@@H]2CCCN2C(=O)[C@H](CCCNC(=N)N)NC(=O)[C@H](Cc2ccc(O)cc2)NC(=O)[C@@H]2CCCN2C(=O)[C@H](Cc2ccc(O)cc2)NC(=O)[C@H](CC(N)=O)NC(=O)[C@@H](Cc2ccc(O)cc2)N[B]C(=O)[C@H](Cc2ccc(O)cc2)NC(=O)[C@H](Cc2c[nH]c3ccccc23)NC(=O)CNC1=O. The minimum Gasteiger partial charge on any atom is -0.508 e. The van der Waals surface area contributed by atoms with Gasteiger partial charge in [-0.2, -0.15) is 0 Å². The number of carboxylic acids is 1. The van der Waals surface area contributed by atoms with Gasteiger partial charge >= 0.3 is 5.97 Å². The minimum atomic E-state index is -1.90. The highest BCUT2D eigenvalue weighted by molar-refractivity contribution is 6.73. The Hall–Kier alpha value is -13.6. The van der Waals surface area contributed by atoms with E-state index < -0.39 is 193 Å². The van der Waals surface area contributed by atoms with Crippen molar-refractivity contribution in [2.75, 3.05) is 26.2 Å². The monoisotopic (exact) mass is 1730 g/mol. The molecule has 3 fully saturated rings. The Bertz CT molecular complexity index is 4860. The number of amides is 13. The van der Waals surface area contributed by atoms with Crippen LogP contribution in [0, 0.1) is 17.2 Å². The van der Waals surface area contributed by atoms with E-state index in [1.54, 1.807) is 58.2 Å². The van der Waals surface area contributed by atoms with Crippen LogP contribution in [-0.2, 0) is 104 Å². The summed E-state index contributed by atoms with van der Waals surface area (Å²) in [6.07, 6.45) is -1.87. The number of para-hydroxylation sites is 1. The quantitative estimate of drug-likeness (QED) is 0.0161. The van der Waals surface area contributed by atoms with E-state index in [0.717, 1.165) is 7.41 Å². The molecule has 38 nitrogen and oxygen atoms in total. The number of benzene rings is 5. The molecule has 13 amide bonds. The first-order valence-electron chi connectivity index (χ1n) is 41.5. The normalized spacial score (nSPS) is 23.3. The second kappa shape index (κ2) is 45.5. The molecule has 667 valence electrons. The highest BCUT2D eigenvalue weighted by atomic mass is 16.4. The number of rotatable bonds is 23. The number of hydrogen-bond donors (Lipinski definition) is 21. The van der Waals surface area contributed by atoms with Crippen molar-refractivity contribution in [2.45, 2.75) is 203 Å². The summed E-state index contributed by atoms with van der Waals surface area (Å²) >= 11 is 0. The van der Waals surface area contributed by atoms with Gasteiger partial charge in [0.05, 0.1) is 25.0 Å². The third kappa shape index (κ3) is 28.7. The number of nitrogens with two attached hydrogens (primary N) is 2. The third-order valence-electron chi connectivity index (χ3n) is 21.6. The number of phenols is 4. The molecule has 1 radical (unpaired) electrons. The number of aromatic amines is 1. The predicted molar refractivity (Wildman–Crippen MR) is 456 cm³/mol. The largest absolute Gasteiger partial charge is 0.508 e. The van der Waals surface area contributed by atoms with Crippen LogP contribution >= 0.6 is 0 Å². The molecular formula is C86H110BN18O20. The first-order chi connectivity index (χ1) is 59.5. The second-order valence-electron chi connectivity index (χ2n) is 32.4. The number of hydrogen-bond acceptors (Lipinski definition) is 21. The summed E-state index contributed by atoms with van der Waals surface area (Å²) < 4.78 is 0. The fourth-order valence-electron chi connectivity index (χ4n) is 15.2.